The van der Waals surface area contributed by atoms with Crippen LogP contribution in [0.2, 0.25) is 0 Å². The lowest BCUT2D eigenvalue weighted by Gasteiger charge is -2.50. The van der Waals surface area contributed by atoms with Gasteiger partial charge < -0.3 is 55.3 Å². The Kier molecular flexibility index (Phi) is 11.4. The van der Waals surface area contributed by atoms with Crippen molar-refractivity contribution in [3.63, 3.8) is 0 Å². The summed E-state index contributed by atoms with van der Waals surface area (Å²) < 4.78 is 23.6. The molecule has 4 aliphatic rings. The van der Waals surface area contributed by atoms with Gasteiger partial charge in [-0.1, -0.05) is 53.6 Å². The van der Waals surface area contributed by atoms with Gasteiger partial charge in [0.2, 0.25) is 12.4 Å². The zero-order chi connectivity index (χ0) is 37.3. The molecule has 15 nitrogen and oxygen atoms in total. The van der Waals surface area contributed by atoms with Crippen LogP contribution in [-0.4, -0.2) is 116 Å². The number of aliphatic carboxylic acids is 1. The number of phenols is 1. The largest absolute Gasteiger partial charge is 0.508 e. The molecule has 0 saturated carbocycles. The number of nitrogens with two attached hydrogens (primary N) is 1. The Labute approximate surface area is 306 Å². The second-order valence-corrected chi connectivity index (χ2v) is 15.7. The van der Waals surface area contributed by atoms with Crippen LogP contribution in [0.25, 0.3) is 11.3 Å². The number of carboxylic acids is 1. The summed E-state index contributed by atoms with van der Waals surface area (Å²) in [5.41, 5.74) is 4.71. The number of aliphatic imine (C=N–C) groups is 1. The van der Waals surface area contributed by atoms with E-state index in [0.717, 1.165) is 5.57 Å². The average Bonchev–Trinajstić information content (AvgIpc) is 3.64. The fourth-order valence-corrected chi connectivity index (χ4v) is 8.95. The number of hydrogen-bond acceptors (Lipinski definition) is 15. The van der Waals surface area contributed by atoms with Crippen molar-refractivity contribution in [3.05, 3.63) is 65.2 Å². The van der Waals surface area contributed by atoms with Gasteiger partial charge in [-0.2, -0.15) is 0 Å². The minimum absolute atomic E-state index is 0.0320. The van der Waals surface area contributed by atoms with Gasteiger partial charge in [0.15, 0.2) is 11.7 Å². The predicted octanol–water partition coefficient (Wildman–Crippen LogP) is 1.89. The number of aliphatic hydroxyl groups is 4. The number of amides is 1. The van der Waals surface area contributed by atoms with Crippen LogP contribution in [0.3, 0.4) is 0 Å². The van der Waals surface area contributed by atoms with Gasteiger partial charge >= 0.3 is 5.97 Å². The standard InChI is InChI=1S/C35H41N3O12S2/c1-16(2)22-13-38-33(45)35(46)30(47-15-52-51-14-23(22)18-9-10-37-12-18)27(41)29(32(43)44)50-34(35)48-20-7-8-21-24(11-20)49-28(31(36)42)25(26(21)40)17-3-5-19(39)6-4-17/h3-9,11-12,16,22-23,27-30,33-34,38-41,45-46H,10,13-15H2,1-2H3,(H2,36,42)(H,43,44). The predicted molar refractivity (Wildman–Crippen MR) is 193 cm³/mol. The van der Waals surface area contributed by atoms with Gasteiger partial charge in [-0.15, -0.1) is 0 Å². The summed E-state index contributed by atoms with van der Waals surface area (Å²) in [6.45, 7) is 4.90. The summed E-state index contributed by atoms with van der Waals surface area (Å²) in [4.78, 5) is 29.2. The maximum atomic E-state index is 12.5. The third kappa shape index (κ3) is 7.36. The first kappa shape index (κ1) is 37.9. The van der Waals surface area contributed by atoms with Gasteiger partial charge in [0, 0.05) is 24.6 Å². The molecule has 280 valence electrons. The molecule has 6 rings (SSSR count). The average molecular weight is 760 g/mol. The Bertz CT molecular complexity index is 1750. The number of allylic oxidation sites excluding steroid dienone is 1. The van der Waals surface area contributed by atoms with Gasteiger partial charge in [0.05, 0.1) is 17.7 Å². The number of nitrogens with one attached hydrogen (secondary N) is 1. The van der Waals surface area contributed by atoms with Crippen molar-refractivity contribution in [2.75, 3.05) is 24.8 Å². The third-order valence-corrected chi connectivity index (χ3v) is 11.8. The first-order chi connectivity index (χ1) is 24.8. The zero-order valence-electron chi connectivity index (χ0n) is 28.2. The Morgan fingerprint density at radius 3 is 2.52 bits per heavy atom. The Morgan fingerprint density at radius 1 is 1.12 bits per heavy atom. The van der Waals surface area contributed by atoms with Crippen LogP contribution in [-0.2, 0) is 19.1 Å². The first-order valence-corrected chi connectivity index (χ1v) is 19.1. The maximum absolute atomic E-state index is 12.5. The number of rotatable bonds is 7. The highest BCUT2D eigenvalue weighted by molar-refractivity contribution is 8.76. The number of phenolic OH excluding ortho intramolecular Hbond substituents is 1. The summed E-state index contributed by atoms with van der Waals surface area (Å²) in [6, 6.07) is 9.77. The molecule has 2 aromatic rings. The van der Waals surface area contributed by atoms with E-state index in [2.05, 4.69) is 30.2 Å². The van der Waals surface area contributed by atoms with Crippen LogP contribution in [0.15, 0.2) is 59.1 Å². The molecule has 2 aromatic carbocycles. The fourth-order valence-electron chi connectivity index (χ4n) is 6.90. The van der Waals surface area contributed by atoms with Crippen molar-refractivity contribution in [2.45, 2.75) is 56.4 Å². The molecule has 52 heavy (non-hydrogen) atoms. The molecule has 0 spiro atoms. The van der Waals surface area contributed by atoms with E-state index >= 15 is 0 Å². The van der Waals surface area contributed by atoms with Crippen molar-refractivity contribution in [1.29, 1.82) is 0 Å². The van der Waals surface area contributed by atoms with Crippen LogP contribution in [0, 0.1) is 17.8 Å². The van der Waals surface area contributed by atoms with Gasteiger partial charge in [-0.25, -0.2) is 4.79 Å². The van der Waals surface area contributed by atoms with Crippen LogP contribution < -0.4 is 20.5 Å². The third-order valence-electron chi connectivity index (χ3n) is 9.70. The lowest BCUT2D eigenvalue weighted by atomic mass is 9.79. The van der Waals surface area contributed by atoms with Gasteiger partial charge in [-0.05, 0) is 53.2 Å². The number of carbonyl (C=O) groups excluding carboxylic acids is 1. The number of carbonyl (C=O) groups is 2. The highest BCUT2D eigenvalue weighted by Crippen LogP contribution is 2.44. The van der Waals surface area contributed by atoms with Gasteiger partial charge in [-0.3, -0.25) is 15.1 Å². The molecular weight excluding hydrogens is 719 g/mol. The van der Waals surface area contributed by atoms with E-state index in [1.54, 1.807) is 0 Å². The minimum atomic E-state index is -2.60. The van der Waals surface area contributed by atoms with Crippen LogP contribution in [0.4, 0.5) is 0 Å². The molecule has 0 aromatic heterocycles. The summed E-state index contributed by atoms with van der Waals surface area (Å²) in [5.74, 6) is -2.25. The van der Waals surface area contributed by atoms with Crippen molar-refractivity contribution >= 4 is 51.0 Å². The second kappa shape index (κ2) is 15.7. The molecule has 17 heteroatoms. The van der Waals surface area contributed by atoms with Gasteiger partial charge in [0.1, 0.15) is 47.4 Å². The molecule has 0 radical (unpaired) electrons. The number of fused-ring (bicyclic) bond motifs is 2. The molecule has 1 amide bonds. The zero-order valence-corrected chi connectivity index (χ0v) is 29.8. The molecule has 2 saturated heterocycles. The van der Waals surface area contributed by atoms with Crippen molar-refractivity contribution < 1.29 is 59.2 Å². The van der Waals surface area contributed by atoms with Crippen molar-refractivity contribution in [1.82, 2.24) is 5.32 Å². The minimum Gasteiger partial charge on any atom is -0.508 e. The number of aromatic hydroxyl groups is 1. The summed E-state index contributed by atoms with van der Waals surface area (Å²) in [6.07, 6.45) is -6.93. The number of benzene rings is 2. The van der Waals surface area contributed by atoms with E-state index in [9.17, 15) is 40.2 Å². The Balaban J connectivity index is 1.35. The topological polar surface area (TPSA) is 243 Å². The maximum Gasteiger partial charge on any atom is 0.335 e. The lowest BCUT2D eigenvalue weighted by Crippen LogP contribution is -2.75. The van der Waals surface area contributed by atoms with E-state index in [1.807, 2.05) is 6.21 Å². The monoisotopic (exact) mass is 759 g/mol. The molecular formula is C35H41N3O12S2. The molecule has 9 unspecified atom stereocenters. The number of nitrogens with zero attached hydrogens (tertiary/aromatic N) is 1. The molecule has 4 heterocycles. The first-order valence-electron chi connectivity index (χ1n) is 16.6. The highest BCUT2D eigenvalue weighted by atomic mass is 33.1. The fraction of sp³-hybridized carbons (Fsp3) is 0.457. The van der Waals surface area contributed by atoms with Crippen LogP contribution in [0.1, 0.15) is 25.0 Å². The van der Waals surface area contributed by atoms with E-state index in [1.165, 1.54) is 64.1 Å². The highest BCUT2D eigenvalue weighted by Gasteiger charge is 2.63. The summed E-state index contributed by atoms with van der Waals surface area (Å²) >= 11 is 0. The number of aliphatic hydroxyl groups excluding tert-OH is 3. The van der Waals surface area contributed by atoms with Crippen LogP contribution >= 0.6 is 21.6 Å². The Hall–Kier alpha value is -3.81. The summed E-state index contributed by atoms with van der Waals surface area (Å²) in [7, 11) is 2.83. The summed E-state index contributed by atoms with van der Waals surface area (Å²) in [5, 5.41) is 69.3. The van der Waals surface area contributed by atoms with Gasteiger partial charge in [0.25, 0.3) is 5.91 Å². The molecule has 0 bridgehead atoms. The molecule has 9 N–H and O–H groups in total. The SMILES string of the molecule is CC(C)C1CNC(O)C2(O)C(Oc3ccc4c(c3)OC(C(N)=O)C(c3ccc(O)cc3)=C4O)OC(C(=O)O)C(O)C2OCSSCC1C1=CCN=C1. The van der Waals surface area contributed by atoms with E-state index in [0.29, 0.717) is 17.9 Å². The van der Waals surface area contributed by atoms with E-state index in [4.69, 9.17) is 24.7 Å². The van der Waals surface area contributed by atoms with Crippen molar-refractivity contribution in [2.24, 2.45) is 28.5 Å². The molecule has 0 aliphatic carbocycles. The number of primary amides is 1. The lowest BCUT2D eigenvalue weighted by molar-refractivity contribution is -0.342. The normalized spacial score (nSPS) is 32.5. The Morgan fingerprint density at radius 2 is 1.87 bits per heavy atom. The molecule has 9 atom stereocenters. The second-order valence-electron chi connectivity index (χ2n) is 13.2. The number of hydrogen-bond donors (Lipinski definition) is 8. The number of ether oxygens (including phenoxy) is 4. The quantitative estimate of drug-likeness (QED) is 0.188. The van der Waals surface area contributed by atoms with E-state index < -0.39 is 54.4 Å². The van der Waals surface area contributed by atoms with Crippen molar-refractivity contribution in [3.8, 4) is 17.2 Å². The van der Waals surface area contributed by atoms with Crippen LogP contribution in [0.5, 0.6) is 17.2 Å². The number of carboxylic acid groups (broad SMARTS) is 1. The molecule has 4 aliphatic heterocycles. The molecule has 2 fully saturated rings. The smallest absolute Gasteiger partial charge is 0.335 e. The van der Waals surface area contributed by atoms with E-state index in [-0.39, 0.29) is 64.4 Å².